The highest BCUT2D eigenvalue weighted by atomic mass is 32.1. The third kappa shape index (κ3) is 3.05. The van der Waals surface area contributed by atoms with Crippen molar-refractivity contribution in [1.82, 2.24) is 9.36 Å². The van der Waals surface area contributed by atoms with Crippen molar-refractivity contribution in [2.24, 2.45) is 0 Å². The summed E-state index contributed by atoms with van der Waals surface area (Å²) in [5.41, 5.74) is 8.21. The summed E-state index contributed by atoms with van der Waals surface area (Å²) in [6.45, 7) is 4.61. The summed E-state index contributed by atoms with van der Waals surface area (Å²) >= 11 is 1.15. The first kappa shape index (κ1) is 14.3. The fourth-order valence-corrected chi connectivity index (χ4v) is 2.40. The van der Waals surface area contributed by atoms with Crippen molar-refractivity contribution < 1.29 is 9.53 Å². The quantitative estimate of drug-likeness (QED) is 0.821. The number of hydrogen-bond acceptors (Lipinski definition) is 7. The standard InChI is InChI=1S/C13H16N4O2S/c1-3-19-13(18)10-11(14)17-20-12(10)16-7-9-4-5-15-6-8(9)2/h4-6,16H,3,7H2,1-2H3,(H2,14,17). The number of carbonyl (C=O) groups is 1. The molecule has 20 heavy (non-hydrogen) atoms. The summed E-state index contributed by atoms with van der Waals surface area (Å²) in [6, 6.07) is 1.93. The van der Waals surface area contributed by atoms with Crippen LogP contribution < -0.4 is 11.1 Å². The average Bonchev–Trinajstić information content (AvgIpc) is 2.79. The number of aryl methyl sites for hydroxylation is 1. The Morgan fingerprint density at radius 1 is 1.55 bits per heavy atom. The number of rotatable bonds is 5. The molecule has 0 radical (unpaired) electrons. The lowest BCUT2D eigenvalue weighted by Crippen LogP contribution is -2.10. The summed E-state index contributed by atoms with van der Waals surface area (Å²) in [7, 11) is 0. The van der Waals surface area contributed by atoms with E-state index in [1.165, 1.54) is 0 Å². The third-order valence-corrected chi connectivity index (χ3v) is 3.59. The highest BCUT2D eigenvalue weighted by molar-refractivity contribution is 7.11. The number of nitrogens with two attached hydrogens (primary N) is 1. The Morgan fingerprint density at radius 2 is 2.35 bits per heavy atom. The summed E-state index contributed by atoms with van der Waals surface area (Å²) in [5, 5.41) is 3.80. The SMILES string of the molecule is CCOC(=O)c1c(N)nsc1NCc1ccncc1C. The Morgan fingerprint density at radius 3 is 3.05 bits per heavy atom. The van der Waals surface area contributed by atoms with Gasteiger partial charge in [-0.3, -0.25) is 4.98 Å². The van der Waals surface area contributed by atoms with Crippen LogP contribution in [0.2, 0.25) is 0 Å². The maximum absolute atomic E-state index is 11.8. The smallest absolute Gasteiger partial charge is 0.344 e. The number of pyridine rings is 1. The maximum atomic E-state index is 11.8. The van der Waals surface area contributed by atoms with Gasteiger partial charge in [0.25, 0.3) is 0 Å². The van der Waals surface area contributed by atoms with Gasteiger partial charge < -0.3 is 15.8 Å². The van der Waals surface area contributed by atoms with Gasteiger partial charge >= 0.3 is 5.97 Å². The molecule has 0 unspecified atom stereocenters. The second-order valence-corrected chi connectivity index (χ2v) is 4.92. The minimum absolute atomic E-state index is 0.197. The predicted octanol–water partition coefficient (Wildman–Crippen LogP) is 2.22. The van der Waals surface area contributed by atoms with E-state index in [2.05, 4.69) is 14.7 Å². The molecular weight excluding hydrogens is 276 g/mol. The topological polar surface area (TPSA) is 90.1 Å². The van der Waals surface area contributed by atoms with Crippen LogP contribution in [-0.4, -0.2) is 21.9 Å². The minimum Gasteiger partial charge on any atom is -0.462 e. The average molecular weight is 292 g/mol. The van der Waals surface area contributed by atoms with Crippen LogP contribution in [0.4, 0.5) is 10.8 Å². The first-order valence-electron chi connectivity index (χ1n) is 6.19. The zero-order chi connectivity index (χ0) is 14.5. The van der Waals surface area contributed by atoms with E-state index in [4.69, 9.17) is 10.5 Å². The first-order valence-corrected chi connectivity index (χ1v) is 6.96. The largest absolute Gasteiger partial charge is 0.462 e. The van der Waals surface area contributed by atoms with Crippen LogP contribution in [0, 0.1) is 6.92 Å². The van der Waals surface area contributed by atoms with Gasteiger partial charge in [-0.25, -0.2) is 4.79 Å². The zero-order valence-electron chi connectivity index (χ0n) is 11.3. The number of nitrogen functional groups attached to an aromatic ring is 1. The summed E-state index contributed by atoms with van der Waals surface area (Å²) < 4.78 is 8.98. The molecule has 2 aromatic heterocycles. The van der Waals surface area contributed by atoms with Crippen LogP contribution in [0.5, 0.6) is 0 Å². The Kier molecular flexibility index (Phi) is 4.52. The van der Waals surface area contributed by atoms with Crippen molar-refractivity contribution in [2.75, 3.05) is 17.7 Å². The van der Waals surface area contributed by atoms with Gasteiger partial charge in [-0.1, -0.05) is 0 Å². The van der Waals surface area contributed by atoms with E-state index in [1.54, 1.807) is 19.3 Å². The second kappa shape index (κ2) is 6.33. The lowest BCUT2D eigenvalue weighted by atomic mass is 10.1. The Bertz CT molecular complexity index is 612. The highest BCUT2D eigenvalue weighted by Gasteiger charge is 2.20. The molecule has 0 aliphatic carbocycles. The lowest BCUT2D eigenvalue weighted by molar-refractivity contribution is 0.0529. The van der Waals surface area contributed by atoms with Crippen molar-refractivity contribution in [3.05, 3.63) is 35.2 Å². The molecule has 0 aliphatic rings. The van der Waals surface area contributed by atoms with Gasteiger partial charge in [0.05, 0.1) is 6.61 Å². The molecule has 0 saturated carbocycles. The van der Waals surface area contributed by atoms with Crippen LogP contribution >= 0.6 is 11.5 Å². The van der Waals surface area contributed by atoms with Gasteiger partial charge in [0, 0.05) is 18.9 Å². The first-order chi connectivity index (χ1) is 9.63. The molecule has 7 heteroatoms. The summed E-state index contributed by atoms with van der Waals surface area (Å²) in [6.07, 6.45) is 3.53. The molecule has 0 amide bonds. The second-order valence-electron chi connectivity index (χ2n) is 4.15. The molecular formula is C13H16N4O2S. The minimum atomic E-state index is -0.451. The molecule has 0 spiro atoms. The fourth-order valence-electron chi connectivity index (χ4n) is 1.70. The number of carbonyl (C=O) groups excluding carboxylic acids is 1. The normalized spacial score (nSPS) is 10.3. The lowest BCUT2D eigenvalue weighted by Gasteiger charge is -2.08. The Labute approximate surface area is 121 Å². The number of hydrogen-bond donors (Lipinski definition) is 2. The number of ether oxygens (including phenoxy) is 1. The summed E-state index contributed by atoms with van der Waals surface area (Å²) in [5.74, 6) is -0.255. The predicted molar refractivity (Wildman–Crippen MR) is 78.8 cm³/mol. The van der Waals surface area contributed by atoms with Gasteiger partial charge in [-0.2, -0.15) is 4.37 Å². The maximum Gasteiger partial charge on any atom is 0.344 e. The number of aromatic nitrogens is 2. The van der Waals surface area contributed by atoms with Crippen LogP contribution in [0.1, 0.15) is 28.4 Å². The van der Waals surface area contributed by atoms with Gasteiger partial charge in [-0.05, 0) is 42.6 Å². The molecule has 6 nitrogen and oxygen atoms in total. The van der Waals surface area contributed by atoms with Gasteiger partial charge in [-0.15, -0.1) is 0 Å². The van der Waals surface area contributed by atoms with E-state index in [9.17, 15) is 4.79 Å². The van der Waals surface area contributed by atoms with Crippen molar-refractivity contribution >= 4 is 28.3 Å². The number of nitrogens with zero attached hydrogens (tertiary/aromatic N) is 2. The molecule has 0 atom stereocenters. The van der Waals surface area contributed by atoms with E-state index in [0.717, 1.165) is 22.7 Å². The molecule has 0 aliphatic heterocycles. The van der Waals surface area contributed by atoms with E-state index in [0.29, 0.717) is 23.7 Å². The van der Waals surface area contributed by atoms with Gasteiger partial charge in [0.1, 0.15) is 10.6 Å². The van der Waals surface area contributed by atoms with E-state index in [-0.39, 0.29) is 5.82 Å². The summed E-state index contributed by atoms with van der Waals surface area (Å²) in [4.78, 5) is 15.9. The molecule has 3 N–H and O–H groups in total. The van der Waals surface area contributed by atoms with Gasteiger partial charge in [0.15, 0.2) is 5.82 Å². The van der Waals surface area contributed by atoms with Gasteiger partial charge in [0.2, 0.25) is 0 Å². The molecule has 0 fully saturated rings. The monoisotopic (exact) mass is 292 g/mol. The number of anilines is 2. The fraction of sp³-hybridized carbons (Fsp3) is 0.308. The molecule has 0 aromatic carbocycles. The van der Waals surface area contributed by atoms with E-state index >= 15 is 0 Å². The number of esters is 1. The molecule has 2 aromatic rings. The van der Waals surface area contributed by atoms with Crippen LogP contribution in [-0.2, 0) is 11.3 Å². The van der Waals surface area contributed by atoms with Crippen molar-refractivity contribution in [3.8, 4) is 0 Å². The molecule has 2 rings (SSSR count). The Hall–Kier alpha value is -2.15. The molecule has 106 valence electrons. The van der Waals surface area contributed by atoms with Crippen molar-refractivity contribution in [2.45, 2.75) is 20.4 Å². The van der Waals surface area contributed by atoms with Crippen molar-refractivity contribution in [1.29, 1.82) is 0 Å². The molecule has 0 saturated heterocycles. The molecule has 2 heterocycles. The van der Waals surface area contributed by atoms with Crippen molar-refractivity contribution in [3.63, 3.8) is 0 Å². The van der Waals surface area contributed by atoms with E-state index in [1.807, 2.05) is 13.0 Å². The third-order valence-electron chi connectivity index (χ3n) is 2.77. The highest BCUT2D eigenvalue weighted by Crippen LogP contribution is 2.28. The Balaban J connectivity index is 2.14. The van der Waals surface area contributed by atoms with E-state index < -0.39 is 5.97 Å². The zero-order valence-corrected chi connectivity index (χ0v) is 12.2. The van der Waals surface area contributed by atoms with Crippen LogP contribution in [0.15, 0.2) is 18.5 Å². The van der Waals surface area contributed by atoms with Crippen LogP contribution in [0.3, 0.4) is 0 Å². The van der Waals surface area contributed by atoms with Crippen LogP contribution in [0.25, 0.3) is 0 Å². The molecule has 0 bridgehead atoms. The number of nitrogens with one attached hydrogen (secondary N) is 1.